The molecule has 0 fully saturated rings. The Hall–Kier alpha value is -1.57. The number of rotatable bonds is 1. The summed E-state index contributed by atoms with van der Waals surface area (Å²) < 4.78 is 14.8. The molecule has 0 aliphatic carbocycles. The van der Waals surface area contributed by atoms with Gasteiger partial charge in [-0.25, -0.2) is 4.39 Å². The van der Waals surface area contributed by atoms with Crippen LogP contribution >= 0.6 is 0 Å². The minimum Gasteiger partial charge on any atom is -0.324 e. The molecule has 0 radical (unpaired) electrons. The van der Waals surface area contributed by atoms with Gasteiger partial charge in [-0.05, 0) is 36.8 Å². The van der Waals surface area contributed by atoms with E-state index < -0.39 is 0 Å². The second-order valence-electron chi connectivity index (χ2n) is 3.02. The van der Waals surface area contributed by atoms with Crippen LogP contribution < -0.4 is 0 Å². The van der Waals surface area contributed by atoms with Crippen molar-refractivity contribution in [2.75, 3.05) is 0 Å². The van der Waals surface area contributed by atoms with Crippen LogP contribution in [0.2, 0.25) is 0 Å². The Bertz CT molecular complexity index is 404. The van der Waals surface area contributed by atoms with Crippen molar-refractivity contribution in [2.45, 2.75) is 6.92 Å². The molecule has 0 amide bonds. The molecule has 0 N–H and O–H groups in total. The first-order valence-corrected chi connectivity index (χ1v) is 4.17. The Morgan fingerprint density at radius 1 is 1.15 bits per heavy atom. The molecule has 0 atom stereocenters. The summed E-state index contributed by atoms with van der Waals surface area (Å²) in [5.74, 6) is -0.200. The summed E-state index contributed by atoms with van der Waals surface area (Å²) in [7, 11) is 0. The average molecular weight is 175 g/mol. The Morgan fingerprint density at radius 2 is 1.85 bits per heavy atom. The van der Waals surface area contributed by atoms with Crippen LogP contribution in [0.4, 0.5) is 4.39 Å². The van der Waals surface area contributed by atoms with E-state index in [1.807, 2.05) is 36.0 Å². The highest BCUT2D eigenvalue weighted by Gasteiger charge is 2.00. The van der Waals surface area contributed by atoms with Gasteiger partial charge in [0.1, 0.15) is 5.82 Å². The summed E-state index contributed by atoms with van der Waals surface area (Å²) in [6.45, 7) is 1.97. The van der Waals surface area contributed by atoms with Crippen molar-refractivity contribution >= 4 is 0 Å². The predicted molar refractivity (Wildman–Crippen MR) is 50.5 cm³/mol. The van der Waals surface area contributed by atoms with Gasteiger partial charge in [0.15, 0.2) is 0 Å². The number of nitrogens with zero attached hydrogens (tertiary/aromatic N) is 1. The second-order valence-corrected chi connectivity index (χ2v) is 3.02. The van der Waals surface area contributed by atoms with Gasteiger partial charge in [0, 0.05) is 12.4 Å². The van der Waals surface area contributed by atoms with Crippen molar-refractivity contribution in [3.05, 3.63) is 54.1 Å². The molecule has 2 rings (SSSR count). The zero-order chi connectivity index (χ0) is 9.26. The first-order valence-electron chi connectivity index (χ1n) is 4.17. The Labute approximate surface area is 76.4 Å². The van der Waals surface area contributed by atoms with E-state index in [1.165, 1.54) is 12.1 Å². The van der Waals surface area contributed by atoms with Crippen molar-refractivity contribution in [3.8, 4) is 5.69 Å². The number of aromatic nitrogens is 1. The molecular weight excluding hydrogens is 165 g/mol. The lowest BCUT2D eigenvalue weighted by molar-refractivity contribution is 0.626. The minimum absolute atomic E-state index is 0.200. The molecule has 1 heterocycles. The molecule has 0 spiro atoms. The van der Waals surface area contributed by atoms with Crippen LogP contribution in [0.3, 0.4) is 0 Å². The molecule has 0 unspecified atom stereocenters. The Morgan fingerprint density at radius 3 is 2.54 bits per heavy atom. The smallest absolute Gasteiger partial charge is 0.125 e. The topological polar surface area (TPSA) is 4.93 Å². The fourth-order valence-corrected chi connectivity index (χ4v) is 1.36. The summed E-state index contributed by atoms with van der Waals surface area (Å²) in [4.78, 5) is 0. The van der Waals surface area contributed by atoms with Crippen molar-refractivity contribution < 1.29 is 4.39 Å². The summed E-state index contributed by atoms with van der Waals surface area (Å²) >= 11 is 0. The highest BCUT2D eigenvalue weighted by molar-refractivity contribution is 5.40. The zero-order valence-electron chi connectivity index (χ0n) is 7.37. The van der Waals surface area contributed by atoms with E-state index in [0.717, 1.165) is 11.3 Å². The standard InChI is InChI=1S/C11H10FN/c1-9-4-5-10(12)8-11(9)13-6-2-3-7-13/h2-8H,1H3. The maximum atomic E-state index is 12.9. The number of hydrogen-bond donors (Lipinski definition) is 0. The van der Waals surface area contributed by atoms with E-state index >= 15 is 0 Å². The van der Waals surface area contributed by atoms with E-state index in [1.54, 1.807) is 6.07 Å². The third-order valence-electron chi connectivity index (χ3n) is 2.05. The quantitative estimate of drug-likeness (QED) is 0.628. The summed E-state index contributed by atoms with van der Waals surface area (Å²) in [5, 5.41) is 0. The van der Waals surface area contributed by atoms with Gasteiger partial charge in [-0.1, -0.05) is 6.07 Å². The van der Waals surface area contributed by atoms with Crippen molar-refractivity contribution in [1.29, 1.82) is 0 Å². The van der Waals surface area contributed by atoms with Gasteiger partial charge in [0.2, 0.25) is 0 Å². The van der Waals surface area contributed by atoms with Crippen LogP contribution in [0.1, 0.15) is 5.56 Å². The third kappa shape index (κ3) is 1.47. The normalized spacial score (nSPS) is 10.3. The average Bonchev–Trinajstić information content (AvgIpc) is 2.61. The van der Waals surface area contributed by atoms with Gasteiger partial charge in [-0.3, -0.25) is 0 Å². The molecule has 13 heavy (non-hydrogen) atoms. The highest BCUT2D eigenvalue weighted by atomic mass is 19.1. The fourth-order valence-electron chi connectivity index (χ4n) is 1.36. The third-order valence-corrected chi connectivity index (χ3v) is 2.05. The number of hydrogen-bond acceptors (Lipinski definition) is 0. The molecule has 0 aliphatic rings. The predicted octanol–water partition coefficient (Wildman–Crippen LogP) is 2.92. The van der Waals surface area contributed by atoms with E-state index in [2.05, 4.69) is 0 Å². The van der Waals surface area contributed by atoms with Crippen molar-refractivity contribution in [1.82, 2.24) is 4.57 Å². The van der Waals surface area contributed by atoms with Gasteiger partial charge in [0.05, 0.1) is 5.69 Å². The van der Waals surface area contributed by atoms with E-state index in [4.69, 9.17) is 0 Å². The molecule has 0 aliphatic heterocycles. The SMILES string of the molecule is Cc1ccc(F)cc1-n1cccc1. The van der Waals surface area contributed by atoms with Crippen LogP contribution in [0.25, 0.3) is 5.69 Å². The second kappa shape index (κ2) is 3.05. The summed E-state index contributed by atoms with van der Waals surface area (Å²) in [5.41, 5.74) is 1.96. The lowest BCUT2D eigenvalue weighted by atomic mass is 10.2. The summed E-state index contributed by atoms with van der Waals surface area (Å²) in [6.07, 6.45) is 3.81. The van der Waals surface area contributed by atoms with Gasteiger partial charge >= 0.3 is 0 Å². The number of aryl methyl sites for hydroxylation is 1. The minimum atomic E-state index is -0.200. The molecule has 1 aromatic heterocycles. The molecule has 0 saturated heterocycles. The highest BCUT2D eigenvalue weighted by Crippen LogP contribution is 2.15. The first kappa shape index (κ1) is 8.05. The summed E-state index contributed by atoms with van der Waals surface area (Å²) in [6, 6.07) is 8.64. The molecular formula is C11H10FN. The van der Waals surface area contributed by atoms with Crippen LogP contribution in [0, 0.1) is 12.7 Å². The molecule has 0 bridgehead atoms. The van der Waals surface area contributed by atoms with Gasteiger partial charge in [-0.15, -0.1) is 0 Å². The van der Waals surface area contributed by atoms with Gasteiger partial charge in [-0.2, -0.15) is 0 Å². The van der Waals surface area contributed by atoms with Crippen LogP contribution in [0.15, 0.2) is 42.7 Å². The molecule has 0 saturated carbocycles. The monoisotopic (exact) mass is 175 g/mol. The lowest BCUT2D eigenvalue weighted by Gasteiger charge is -2.06. The maximum Gasteiger partial charge on any atom is 0.125 e. The van der Waals surface area contributed by atoms with E-state index in [9.17, 15) is 4.39 Å². The maximum absolute atomic E-state index is 12.9. The van der Waals surface area contributed by atoms with E-state index in [0.29, 0.717) is 0 Å². The van der Waals surface area contributed by atoms with Crippen molar-refractivity contribution in [3.63, 3.8) is 0 Å². The fraction of sp³-hybridized carbons (Fsp3) is 0.0909. The number of benzene rings is 1. The zero-order valence-corrected chi connectivity index (χ0v) is 7.37. The van der Waals surface area contributed by atoms with Crippen LogP contribution in [-0.2, 0) is 0 Å². The Balaban J connectivity index is 2.57. The Kier molecular flexibility index (Phi) is 1.89. The van der Waals surface area contributed by atoms with Crippen LogP contribution in [0.5, 0.6) is 0 Å². The van der Waals surface area contributed by atoms with Gasteiger partial charge < -0.3 is 4.57 Å². The largest absolute Gasteiger partial charge is 0.324 e. The van der Waals surface area contributed by atoms with Crippen molar-refractivity contribution in [2.24, 2.45) is 0 Å². The van der Waals surface area contributed by atoms with Crippen LogP contribution in [-0.4, -0.2) is 4.57 Å². The van der Waals surface area contributed by atoms with Gasteiger partial charge in [0.25, 0.3) is 0 Å². The lowest BCUT2D eigenvalue weighted by Crippen LogP contribution is -1.93. The molecule has 2 heteroatoms. The molecule has 66 valence electrons. The first-order chi connectivity index (χ1) is 6.27. The molecule has 2 aromatic rings. The molecule has 1 aromatic carbocycles. The van der Waals surface area contributed by atoms with E-state index in [-0.39, 0.29) is 5.82 Å². The molecule has 1 nitrogen and oxygen atoms in total. The number of halogens is 1.